The summed E-state index contributed by atoms with van der Waals surface area (Å²) in [6.07, 6.45) is 7.57. The van der Waals surface area contributed by atoms with Crippen LogP contribution in [0.25, 0.3) is 0 Å². The van der Waals surface area contributed by atoms with Crippen molar-refractivity contribution in [2.75, 3.05) is 131 Å². The molecule has 0 bridgehead atoms. The number of nitrogens with two attached hydrogens (primary N) is 1. The predicted octanol–water partition coefficient (Wildman–Crippen LogP) is 11.1. The van der Waals surface area contributed by atoms with E-state index in [4.69, 9.17) is 33.3 Å². The van der Waals surface area contributed by atoms with E-state index in [1.54, 1.807) is 43.9 Å². The summed E-state index contributed by atoms with van der Waals surface area (Å²) in [6, 6.07) is 6.55. The summed E-state index contributed by atoms with van der Waals surface area (Å²) in [6.45, 7) is 49.3. The van der Waals surface area contributed by atoms with Crippen LogP contribution >= 0.6 is 0 Å². The summed E-state index contributed by atoms with van der Waals surface area (Å²) in [5, 5.41) is 30.2. The van der Waals surface area contributed by atoms with Gasteiger partial charge in [-0.3, -0.25) is 16.0 Å². The fourth-order valence-corrected chi connectivity index (χ4v) is 9.38. The molecule has 5 aromatic heterocycles. The molecule has 0 atom stereocenters. The Balaban J connectivity index is 0.000000225. The SMILES string of the molecule is CC(C)(C)OC(=O)N1CCCN(C(=O)Nc2cc(C(C)(C)C)on2)CC1.CC(C)(C)OC(=O)N1CCCNCC1.CC(C)(C)c1cc(N)no1.CC(C)(C)c1cc(NC(=O)N2CCCNCC2)no1.CCc1ncc(N2CCCN(C(=O)Nc3cc(C(C)(C)C)on3)CC2)cn1. The fourth-order valence-electron chi connectivity index (χ4n) is 9.38. The minimum atomic E-state index is -0.530. The molecule has 0 spiro atoms. The van der Waals surface area contributed by atoms with Gasteiger partial charge in [-0.1, -0.05) is 111 Å². The Kier molecular flexibility index (Phi) is 28.7. The van der Waals surface area contributed by atoms with Crippen molar-refractivity contribution >= 4 is 59.2 Å². The first-order chi connectivity index (χ1) is 44.8. The van der Waals surface area contributed by atoms with E-state index in [0.717, 1.165) is 120 Å². The van der Waals surface area contributed by atoms with E-state index in [1.165, 1.54) is 0 Å². The molecule has 4 fully saturated rings. The maximum absolute atomic E-state index is 12.6. The van der Waals surface area contributed by atoms with Crippen LogP contribution in [0.1, 0.15) is 186 Å². The van der Waals surface area contributed by atoms with E-state index in [9.17, 15) is 24.0 Å². The number of rotatable bonds is 5. The van der Waals surface area contributed by atoms with Gasteiger partial charge in [0.15, 0.2) is 23.3 Å². The van der Waals surface area contributed by atoms with Crippen LogP contribution < -0.4 is 37.2 Å². The molecule has 4 aliphatic rings. The van der Waals surface area contributed by atoms with Crippen LogP contribution in [0.15, 0.2) is 54.8 Å². The average Bonchev–Trinajstić information content (AvgIpc) is 1.66. The molecule has 0 aliphatic carbocycles. The van der Waals surface area contributed by atoms with Gasteiger partial charge in [-0.15, -0.1) is 0 Å². The smallest absolute Gasteiger partial charge is 0.410 e. The van der Waals surface area contributed by atoms with Crippen LogP contribution in [0.3, 0.4) is 0 Å². The summed E-state index contributed by atoms with van der Waals surface area (Å²) in [7, 11) is 0. The van der Waals surface area contributed by atoms with Crippen molar-refractivity contribution in [2.45, 2.75) is 197 Å². The molecule has 5 aromatic rings. The Morgan fingerprint density at radius 2 is 0.771 bits per heavy atom. The normalized spacial score (nSPS) is 16.2. The van der Waals surface area contributed by atoms with Gasteiger partial charge in [0.2, 0.25) is 0 Å². The predicted molar refractivity (Wildman–Crippen MR) is 370 cm³/mol. The molecule has 4 aliphatic heterocycles. The number of carbonyl (C=O) groups excluding carboxylic acids is 5. The van der Waals surface area contributed by atoms with Crippen LogP contribution in [0.5, 0.6) is 0 Å². The van der Waals surface area contributed by atoms with Crippen molar-refractivity contribution in [2.24, 2.45) is 0 Å². The van der Waals surface area contributed by atoms with Crippen molar-refractivity contribution in [3.8, 4) is 0 Å². The van der Waals surface area contributed by atoms with Gasteiger partial charge >= 0.3 is 30.3 Å². The molecule has 29 heteroatoms. The molecular weight excluding hydrogens is 1230 g/mol. The number of aromatic nitrogens is 6. The van der Waals surface area contributed by atoms with E-state index in [0.29, 0.717) is 74.7 Å². The Hall–Kier alpha value is -8.21. The highest BCUT2D eigenvalue weighted by molar-refractivity contribution is 5.89. The average molecular weight is 1350 g/mol. The van der Waals surface area contributed by atoms with Crippen molar-refractivity contribution in [1.82, 2.24) is 65.7 Å². The van der Waals surface area contributed by atoms with Gasteiger partial charge in [0, 0.05) is 144 Å². The van der Waals surface area contributed by atoms with Crippen LogP contribution in [-0.4, -0.2) is 201 Å². The van der Waals surface area contributed by atoms with E-state index < -0.39 is 11.2 Å². The maximum Gasteiger partial charge on any atom is 0.410 e. The lowest BCUT2D eigenvalue weighted by Crippen LogP contribution is -2.41. The quantitative estimate of drug-likeness (QED) is 0.0952. The minimum absolute atomic E-state index is 0.00458. The zero-order chi connectivity index (χ0) is 71.2. The number of nitrogens with one attached hydrogen (secondary N) is 5. The second kappa shape index (κ2) is 35.2. The van der Waals surface area contributed by atoms with Crippen molar-refractivity contribution in [3.63, 3.8) is 0 Å². The third-order valence-corrected chi connectivity index (χ3v) is 14.9. The Morgan fingerprint density at radius 1 is 0.438 bits per heavy atom. The molecule has 29 nitrogen and oxygen atoms in total. The standard InChI is InChI=1S/C19H28N6O2.C18H30N4O4.C13H22N4O2.C10H20N2O2.C7H12N2O/c1-5-16-20-12-14(13-21-16)24-7-6-8-25(10-9-24)18(26)22-17-11-15(27-23-17)19(2,3)4;1-17(2,3)13-12-14(20-26-13)19-15(23)21-8-7-9-22(11-10-21)16(24)25-18(4,5)6;1-13(2,3)10-9-11(16-19-10)15-12(18)17-7-4-5-14-6-8-17;1-10(2,3)14-9(13)12-7-4-5-11-6-8-12;1-7(2,3)5-4-6(8)9-10-5/h11-13H,5-10H2,1-4H3,(H,22,23,26);12H,7-11H2,1-6H3,(H,19,20,23);9,14H,4-8H2,1-3H3,(H,15,16,18);11H,4-8H2,1-3H3;4H,1-3H3,(H2,8,9). The molecule has 96 heavy (non-hydrogen) atoms. The number of urea groups is 3. The van der Waals surface area contributed by atoms with E-state index in [2.05, 4.69) is 62.1 Å². The lowest BCUT2D eigenvalue weighted by Gasteiger charge is -2.26. The summed E-state index contributed by atoms with van der Waals surface area (Å²) in [5.41, 5.74) is 5.03. The number of hydrogen-bond donors (Lipinski definition) is 6. The lowest BCUT2D eigenvalue weighted by molar-refractivity contribution is 0.0250. The summed E-state index contributed by atoms with van der Waals surface area (Å²) < 4.78 is 31.5. The van der Waals surface area contributed by atoms with Gasteiger partial charge in [0.1, 0.15) is 40.1 Å². The molecule has 0 unspecified atom stereocenters. The minimum Gasteiger partial charge on any atom is -0.444 e. The first-order valence-electron chi connectivity index (χ1n) is 33.5. The first-order valence-corrected chi connectivity index (χ1v) is 33.5. The van der Waals surface area contributed by atoms with Crippen LogP contribution in [0.4, 0.5) is 52.9 Å². The number of nitrogen functional groups attached to an aromatic ring is 1. The third kappa shape index (κ3) is 27.5. The highest BCUT2D eigenvalue weighted by Crippen LogP contribution is 2.28. The highest BCUT2D eigenvalue weighted by Gasteiger charge is 2.30. The lowest BCUT2D eigenvalue weighted by atomic mass is 9.93. The first kappa shape index (κ1) is 78.5. The van der Waals surface area contributed by atoms with Crippen molar-refractivity contribution < 1.29 is 51.5 Å². The largest absolute Gasteiger partial charge is 0.444 e. The van der Waals surface area contributed by atoms with Gasteiger partial charge in [-0.25, -0.2) is 33.9 Å². The number of anilines is 5. The number of nitrogens with zero attached hydrogens (tertiary/aromatic N) is 12. The van der Waals surface area contributed by atoms with E-state index >= 15 is 0 Å². The monoisotopic (exact) mass is 1340 g/mol. The summed E-state index contributed by atoms with van der Waals surface area (Å²) in [5.74, 6) is 5.66. The Morgan fingerprint density at radius 3 is 1.15 bits per heavy atom. The second-order valence-electron chi connectivity index (χ2n) is 30.1. The number of aryl methyl sites for hydroxylation is 1. The summed E-state index contributed by atoms with van der Waals surface area (Å²) in [4.78, 5) is 80.7. The van der Waals surface area contributed by atoms with Gasteiger partial charge < -0.3 is 73.3 Å². The highest BCUT2D eigenvalue weighted by atomic mass is 16.6. The van der Waals surface area contributed by atoms with Crippen molar-refractivity contribution in [1.29, 1.82) is 0 Å². The number of carbonyl (C=O) groups is 5. The van der Waals surface area contributed by atoms with Crippen LogP contribution in [0, 0.1) is 0 Å². The zero-order valence-electron chi connectivity index (χ0n) is 60.7. The zero-order valence-corrected chi connectivity index (χ0v) is 60.7. The van der Waals surface area contributed by atoms with Gasteiger partial charge in [0.05, 0.1) is 18.1 Å². The van der Waals surface area contributed by atoms with Gasteiger partial charge in [-0.2, -0.15) is 0 Å². The van der Waals surface area contributed by atoms with Gasteiger partial charge in [-0.05, 0) is 80.3 Å². The molecule has 0 saturated carbocycles. The van der Waals surface area contributed by atoms with E-state index in [1.807, 2.05) is 149 Å². The van der Waals surface area contributed by atoms with Crippen LogP contribution in [-0.2, 0) is 37.6 Å². The summed E-state index contributed by atoms with van der Waals surface area (Å²) >= 11 is 0. The Labute approximate surface area is 567 Å². The topological polar surface area (TPSA) is 339 Å². The number of hydrogen-bond acceptors (Lipinski definition) is 21. The molecule has 0 aromatic carbocycles. The molecular formula is C67H112N18O11. The number of amides is 8. The van der Waals surface area contributed by atoms with Crippen LogP contribution in [0.2, 0.25) is 0 Å². The van der Waals surface area contributed by atoms with Gasteiger partial charge in [0.25, 0.3) is 0 Å². The molecule has 0 radical (unpaired) electrons. The molecule has 4 saturated heterocycles. The molecule has 536 valence electrons. The van der Waals surface area contributed by atoms with E-state index in [-0.39, 0.29) is 51.9 Å². The second-order valence-corrected chi connectivity index (χ2v) is 30.1. The number of ether oxygens (including phenoxy) is 2. The maximum atomic E-state index is 12.6. The van der Waals surface area contributed by atoms with Crippen molar-refractivity contribution in [3.05, 3.63) is 65.5 Å². The molecule has 9 heterocycles. The molecule has 7 N–H and O–H groups in total. The molecule has 8 amide bonds. The molecule has 9 rings (SSSR count). The third-order valence-electron chi connectivity index (χ3n) is 14.9. The fraction of sp³-hybridized carbons (Fsp3) is 0.687. The Bertz CT molecular complexity index is 3170.